The SMILES string of the molecule is O=C(O)/C=C/c1cnc2c(c1)CN1CCCC1C(=O)N2. The van der Waals surface area contributed by atoms with E-state index in [0.717, 1.165) is 36.6 Å². The first kappa shape index (κ1) is 12.8. The van der Waals surface area contributed by atoms with Crippen LogP contribution in [-0.4, -0.2) is 39.5 Å². The Morgan fingerprint density at radius 2 is 2.40 bits per heavy atom. The predicted octanol–water partition coefficient (Wildman–Crippen LogP) is 1.10. The number of fused-ring (bicyclic) bond motifs is 2. The van der Waals surface area contributed by atoms with Crippen LogP contribution < -0.4 is 5.32 Å². The molecule has 1 aromatic heterocycles. The van der Waals surface area contributed by atoms with Crippen molar-refractivity contribution < 1.29 is 14.7 Å². The Morgan fingerprint density at radius 3 is 3.20 bits per heavy atom. The van der Waals surface area contributed by atoms with Crippen molar-refractivity contribution >= 4 is 23.8 Å². The fourth-order valence-corrected chi connectivity index (χ4v) is 2.75. The molecule has 0 radical (unpaired) electrons. The van der Waals surface area contributed by atoms with Crippen molar-refractivity contribution in [2.75, 3.05) is 11.9 Å². The molecule has 1 fully saturated rings. The number of amides is 1. The van der Waals surface area contributed by atoms with E-state index in [1.54, 1.807) is 6.20 Å². The Bertz CT molecular complexity index is 597. The van der Waals surface area contributed by atoms with E-state index in [4.69, 9.17) is 5.11 Å². The minimum atomic E-state index is -0.993. The molecule has 1 aromatic rings. The van der Waals surface area contributed by atoms with E-state index in [1.807, 2.05) is 6.07 Å². The first-order valence-corrected chi connectivity index (χ1v) is 6.58. The quantitative estimate of drug-likeness (QED) is 0.788. The number of carboxylic acid groups (broad SMARTS) is 1. The Labute approximate surface area is 116 Å². The van der Waals surface area contributed by atoms with Crippen molar-refractivity contribution in [2.45, 2.75) is 25.4 Å². The van der Waals surface area contributed by atoms with Gasteiger partial charge >= 0.3 is 5.97 Å². The van der Waals surface area contributed by atoms with Gasteiger partial charge in [0.2, 0.25) is 5.91 Å². The number of carbonyl (C=O) groups excluding carboxylic acids is 1. The molecule has 0 spiro atoms. The second-order valence-electron chi connectivity index (χ2n) is 5.07. The minimum Gasteiger partial charge on any atom is -0.478 e. The predicted molar refractivity (Wildman–Crippen MR) is 73.0 cm³/mol. The second-order valence-corrected chi connectivity index (χ2v) is 5.07. The Hall–Kier alpha value is -2.21. The first-order chi connectivity index (χ1) is 9.63. The van der Waals surface area contributed by atoms with Crippen LogP contribution in [0.25, 0.3) is 6.08 Å². The van der Waals surface area contributed by atoms with Gasteiger partial charge < -0.3 is 10.4 Å². The van der Waals surface area contributed by atoms with E-state index in [-0.39, 0.29) is 11.9 Å². The van der Waals surface area contributed by atoms with Crippen LogP contribution in [0, 0.1) is 0 Å². The van der Waals surface area contributed by atoms with Crippen LogP contribution in [0.1, 0.15) is 24.0 Å². The van der Waals surface area contributed by atoms with Gasteiger partial charge in [0.1, 0.15) is 5.82 Å². The summed E-state index contributed by atoms with van der Waals surface area (Å²) in [6, 6.07) is 1.81. The maximum Gasteiger partial charge on any atom is 0.328 e. The molecule has 1 unspecified atom stereocenters. The molecule has 1 saturated heterocycles. The van der Waals surface area contributed by atoms with Crippen LogP contribution in [-0.2, 0) is 16.1 Å². The molecule has 0 saturated carbocycles. The fourth-order valence-electron chi connectivity index (χ4n) is 2.75. The molecule has 6 nitrogen and oxygen atoms in total. The average molecular weight is 273 g/mol. The van der Waals surface area contributed by atoms with Gasteiger partial charge in [-0.3, -0.25) is 9.69 Å². The van der Waals surface area contributed by atoms with Crippen LogP contribution in [0.4, 0.5) is 5.82 Å². The van der Waals surface area contributed by atoms with Crippen LogP contribution in [0.3, 0.4) is 0 Å². The molecular formula is C14H15N3O3. The molecule has 6 heteroatoms. The normalized spacial score (nSPS) is 22.2. The summed E-state index contributed by atoms with van der Waals surface area (Å²) in [4.78, 5) is 29.0. The third-order valence-electron chi connectivity index (χ3n) is 3.69. The van der Waals surface area contributed by atoms with Crippen LogP contribution in [0.5, 0.6) is 0 Å². The van der Waals surface area contributed by atoms with E-state index in [9.17, 15) is 9.59 Å². The number of nitrogens with zero attached hydrogens (tertiary/aromatic N) is 2. The molecule has 3 heterocycles. The molecule has 2 aliphatic rings. The highest BCUT2D eigenvalue weighted by Crippen LogP contribution is 2.27. The average Bonchev–Trinajstić information content (AvgIpc) is 2.82. The standard InChI is InChI=1S/C14H15N3O3/c18-12(19)4-3-9-6-10-8-17-5-1-2-11(17)14(20)16-13(10)15-7-9/h3-4,6-7,11H,1-2,5,8H2,(H,18,19)(H,15,16,20)/b4-3+. The minimum absolute atomic E-state index is 0.00239. The van der Waals surface area contributed by atoms with E-state index in [1.165, 1.54) is 6.08 Å². The molecular weight excluding hydrogens is 258 g/mol. The van der Waals surface area contributed by atoms with Crippen molar-refractivity contribution in [1.29, 1.82) is 0 Å². The summed E-state index contributed by atoms with van der Waals surface area (Å²) >= 11 is 0. The van der Waals surface area contributed by atoms with Gasteiger partial charge in [0.05, 0.1) is 6.04 Å². The van der Waals surface area contributed by atoms with Gasteiger partial charge in [-0.05, 0) is 37.1 Å². The lowest BCUT2D eigenvalue weighted by Crippen LogP contribution is -2.36. The lowest BCUT2D eigenvalue weighted by atomic mass is 10.1. The molecule has 2 aliphatic heterocycles. The monoisotopic (exact) mass is 273 g/mol. The smallest absolute Gasteiger partial charge is 0.328 e. The summed E-state index contributed by atoms with van der Waals surface area (Å²) in [5.41, 5.74) is 1.65. The van der Waals surface area contributed by atoms with Crippen molar-refractivity contribution in [3.63, 3.8) is 0 Å². The van der Waals surface area contributed by atoms with Gasteiger partial charge in [0.25, 0.3) is 0 Å². The van der Waals surface area contributed by atoms with Crippen LogP contribution in [0.15, 0.2) is 18.3 Å². The van der Waals surface area contributed by atoms with Gasteiger partial charge in [0.15, 0.2) is 0 Å². The Kier molecular flexibility index (Phi) is 3.23. The zero-order valence-electron chi connectivity index (χ0n) is 10.9. The number of hydrogen-bond donors (Lipinski definition) is 2. The summed E-state index contributed by atoms with van der Waals surface area (Å²) in [5.74, 6) is -0.410. The highest BCUT2D eigenvalue weighted by molar-refractivity contribution is 5.95. The lowest BCUT2D eigenvalue weighted by molar-refractivity contribution is -0.131. The number of aliphatic carboxylic acids is 1. The third kappa shape index (κ3) is 2.42. The molecule has 0 aromatic carbocycles. The molecule has 20 heavy (non-hydrogen) atoms. The number of anilines is 1. The van der Waals surface area contributed by atoms with E-state index < -0.39 is 5.97 Å². The Balaban J connectivity index is 1.91. The summed E-state index contributed by atoms with van der Waals surface area (Å²) < 4.78 is 0. The number of carbonyl (C=O) groups is 2. The summed E-state index contributed by atoms with van der Waals surface area (Å²) in [6.07, 6.45) is 6.06. The first-order valence-electron chi connectivity index (χ1n) is 6.58. The molecule has 0 aliphatic carbocycles. The zero-order chi connectivity index (χ0) is 14.1. The maximum atomic E-state index is 12.1. The number of rotatable bonds is 2. The molecule has 3 rings (SSSR count). The molecule has 0 bridgehead atoms. The molecule has 104 valence electrons. The summed E-state index contributed by atoms with van der Waals surface area (Å²) in [7, 11) is 0. The second kappa shape index (κ2) is 5.05. The lowest BCUT2D eigenvalue weighted by Gasteiger charge is -2.19. The molecule has 2 N–H and O–H groups in total. The summed E-state index contributed by atoms with van der Waals surface area (Å²) in [5, 5.41) is 11.5. The van der Waals surface area contributed by atoms with Crippen molar-refractivity contribution in [3.8, 4) is 0 Å². The third-order valence-corrected chi connectivity index (χ3v) is 3.69. The zero-order valence-corrected chi connectivity index (χ0v) is 10.9. The topological polar surface area (TPSA) is 82.5 Å². The van der Waals surface area contributed by atoms with E-state index >= 15 is 0 Å². The van der Waals surface area contributed by atoms with Crippen molar-refractivity contribution in [1.82, 2.24) is 9.88 Å². The number of carboxylic acids is 1. The van der Waals surface area contributed by atoms with Crippen LogP contribution in [0.2, 0.25) is 0 Å². The fraction of sp³-hybridized carbons (Fsp3) is 0.357. The van der Waals surface area contributed by atoms with Gasteiger partial charge in [-0.25, -0.2) is 9.78 Å². The highest BCUT2D eigenvalue weighted by Gasteiger charge is 2.34. The van der Waals surface area contributed by atoms with Gasteiger partial charge in [-0.15, -0.1) is 0 Å². The molecule has 1 amide bonds. The van der Waals surface area contributed by atoms with E-state index in [2.05, 4.69) is 15.2 Å². The van der Waals surface area contributed by atoms with E-state index in [0.29, 0.717) is 12.4 Å². The van der Waals surface area contributed by atoms with Crippen LogP contribution >= 0.6 is 0 Å². The number of nitrogens with one attached hydrogen (secondary N) is 1. The van der Waals surface area contributed by atoms with Crippen molar-refractivity contribution in [2.24, 2.45) is 0 Å². The highest BCUT2D eigenvalue weighted by atomic mass is 16.4. The maximum absolute atomic E-state index is 12.1. The summed E-state index contributed by atoms with van der Waals surface area (Å²) in [6.45, 7) is 1.58. The largest absolute Gasteiger partial charge is 0.478 e. The van der Waals surface area contributed by atoms with Gasteiger partial charge in [0, 0.05) is 24.4 Å². The number of aromatic nitrogens is 1. The number of hydrogen-bond acceptors (Lipinski definition) is 4. The van der Waals surface area contributed by atoms with Gasteiger partial charge in [-0.1, -0.05) is 0 Å². The Morgan fingerprint density at radius 1 is 1.55 bits per heavy atom. The van der Waals surface area contributed by atoms with Gasteiger partial charge in [-0.2, -0.15) is 0 Å². The van der Waals surface area contributed by atoms with Crippen molar-refractivity contribution in [3.05, 3.63) is 29.5 Å². The number of pyridine rings is 1. The molecule has 1 atom stereocenters.